The summed E-state index contributed by atoms with van der Waals surface area (Å²) in [6.45, 7) is 3.09. The van der Waals surface area contributed by atoms with Crippen molar-refractivity contribution in [3.63, 3.8) is 0 Å². The number of nitrogens with zero attached hydrogens (tertiary/aromatic N) is 5. The summed E-state index contributed by atoms with van der Waals surface area (Å²) in [6, 6.07) is 17.7. The Labute approximate surface area is 183 Å². The van der Waals surface area contributed by atoms with Crippen molar-refractivity contribution in [2.45, 2.75) is 20.0 Å². The maximum Gasteiger partial charge on any atom is 0.257 e. The molecule has 1 N–H and O–H groups in total. The largest absolute Gasteiger partial charge is 0.307 e. The second kappa shape index (κ2) is 8.16. The standard InChI is InChI=1S/C23H20N6OS/c1-16-12-19(20-13-25-29(22(20)26-16)15-18-8-5-11-31-18)23(30)27-21-9-10-24-28(21)14-17-6-3-2-4-7-17/h2-13H,14-15H2,1H3,(H,27,30). The van der Waals surface area contributed by atoms with Crippen molar-refractivity contribution in [3.8, 4) is 0 Å². The lowest BCUT2D eigenvalue weighted by molar-refractivity contribution is 0.102. The Bertz CT molecular complexity index is 1340. The molecule has 0 aliphatic carbocycles. The average Bonchev–Trinajstić information content (AvgIpc) is 3.52. The third-order valence-corrected chi connectivity index (χ3v) is 5.86. The highest BCUT2D eigenvalue weighted by atomic mass is 32.1. The van der Waals surface area contributed by atoms with E-state index in [1.54, 1.807) is 40.5 Å². The van der Waals surface area contributed by atoms with Crippen molar-refractivity contribution in [1.29, 1.82) is 0 Å². The molecule has 0 bridgehead atoms. The highest BCUT2D eigenvalue weighted by Crippen LogP contribution is 2.22. The van der Waals surface area contributed by atoms with Crippen molar-refractivity contribution < 1.29 is 4.79 Å². The SMILES string of the molecule is Cc1cc(C(=O)Nc2ccnn2Cc2ccccc2)c2cnn(Cc3cccs3)c2n1. The van der Waals surface area contributed by atoms with Crippen LogP contribution in [-0.2, 0) is 13.1 Å². The monoisotopic (exact) mass is 428 g/mol. The van der Waals surface area contributed by atoms with Crippen LogP contribution in [0.2, 0.25) is 0 Å². The third kappa shape index (κ3) is 3.97. The Hall–Kier alpha value is -3.78. The molecule has 0 saturated heterocycles. The quantitative estimate of drug-likeness (QED) is 0.436. The molecule has 4 aromatic heterocycles. The maximum atomic E-state index is 13.2. The minimum atomic E-state index is -0.207. The number of carbonyl (C=O) groups excluding carboxylic acids is 1. The molecule has 0 aliphatic heterocycles. The Kier molecular flexibility index (Phi) is 5.05. The first kappa shape index (κ1) is 19.2. The summed E-state index contributed by atoms with van der Waals surface area (Å²) in [5, 5.41) is 14.6. The fourth-order valence-electron chi connectivity index (χ4n) is 3.53. The third-order valence-electron chi connectivity index (χ3n) is 5.00. The fraction of sp³-hybridized carbons (Fsp3) is 0.130. The van der Waals surface area contributed by atoms with Crippen molar-refractivity contribution >= 4 is 34.1 Å². The van der Waals surface area contributed by atoms with E-state index in [2.05, 4.69) is 26.6 Å². The topological polar surface area (TPSA) is 77.6 Å². The molecular weight excluding hydrogens is 408 g/mol. The Balaban J connectivity index is 1.43. The number of fused-ring (bicyclic) bond motifs is 1. The molecule has 31 heavy (non-hydrogen) atoms. The molecule has 4 heterocycles. The molecule has 5 aromatic rings. The number of hydrogen-bond acceptors (Lipinski definition) is 5. The normalized spacial score (nSPS) is 11.1. The lowest BCUT2D eigenvalue weighted by Gasteiger charge is -2.10. The van der Waals surface area contributed by atoms with E-state index in [1.165, 1.54) is 4.88 Å². The minimum Gasteiger partial charge on any atom is -0.307 e. The highest BCUT2D eigenvalue weighted by molar-refractivity contribution is 7.09. The number of aryl methyl sites for hydroxylation is 1. The van der Waals surface area contributed by atoms with Crippen LogP contribution in [0.4, 0.5) is 5.82 Å². The van der Waals surface area contributed by atoms with Crippen LogP contribution in [0.1, 0.15) is 26.5 Å². The van der Waals surface area contributed by atoms with Gasteiger partial charge in [0.05, 0.1) is 36.4 Å². The first-order valence-corrected chi connectivity index (χ1v) is 10.8. The van der Waals surface area contributed by atoms with Crippen molar-refractivity contribution in [1.82, 2.24) is 24.5 Å². The summed E-state index contributed by atoms with van der Waals surface area (Å²) in [5.41, 5.74) is 3.13. The highest BCUT2D eigenvalue weighted by Gasteiger charge is 2.17. The fourth-order valence-corrected chi connectivity index (χ4v) is 4.22. The van der Waals surface area contributed by atoms with E-state index < -0.39 is 0 Å². The molecule has 8 heteroatoms. The molecule has 0 aliphatic rings. The average molecular weight is 429 g/mol. The van der Waals surface area contributed by atoms with Gasteiger partial charge in [0.15, 0.2) is 5.65 Å². The number of nitrogens with one attached hydrogen (secondary N) is 1. The zero-order valence-corrected chi connectivity index (χ0v) is 17.7. The molecule has 0 atom stereocenters. The molecule has 0 radical (unpaired) electrons. The van der Waals surface area contributed by atoms with Gasteiger partial charge in [0.1, 0.15) is 5.82 Å². The Morgan fingerprint density at radius 3 is 2.71 bits per heavy atom. The molecular formula is C23H20N6OS. The first-order chi connectivity index (χ1) is 15.2. The number of hydrogen-bond donors (Lipinski definition) is 1. The summed E-state index contributed by atoms with van der Waals surface area (Å²) in [7, 11) is 0. The Morgan fingerprint density at radius 1 is 1.03 bits per heavy atom. The minimum absolute atomic E-state index is 0.207. The van der Waals surface area contributed by atoms with Crippen molar-refractivity contribution in [2.24, 2.45) is 0 Å². The van der Waals surface area contributed by atoms with E-state index in [0.717, 1.165) is 16.6 Å². The predicted molar refractivity (Wildman–Crippen MR) is 121 cm³/mol. The number of thiophene rings is 1. The van der Waals surface area contributed by atoms with Crippen LogP contribution in [0.15, 0.2) is 72.4 Å². The molecule has 0 saturated carbocycles. The van der Waals surface area contributed by atoms with E-state index in [4.69, 9.17) is 0 Å². The van der Waals surface area contributed by atoms with Crippen LogP contribution in [0.5, 0.6) is 0 Å². The van der Waals surface area contributed by atoms with Gasteiger partial charge >= 0.3 is 0 Å². The van der Waals surface area contributed by atoms with Crippen molar-refractivity contribution in [2.75, 3.05) is 5.32 Å². The van der Waals surface area contributed by atoms with Gasteiger partial charge in [-0.05, 0) is 30.0 Å². The molecule has 5 rings (SSSR count). The first-order valence-electron chi connectivity index (χ1n) is 9.90. The second-order valence-electron chi connectivity index (χ2n) is 7.24. The van der Waals surface area contributed by atoms with Gasteiger partial charge in [0.25, 0.3) is 5.91 Å². The van der Waals surface area contributed by atoms with Crippen LogP contribution in [0.25, 0.3) is 11.0 Å². The number of carbonyl (C=O) groups is 1. The molecule has 0 spiro atoms. The zero-order valence-electron chi connectivity index (χ0n) is 16.9. The number of rotatable bonds is 6. The molecule has 154 valence electrons. The number of aromatic nitrogens is 5. The molecule has 1 aromatic carbocycles. The van der Waals surface area contributed by atoms with Gasteiger partial charge in [-0.3, -0.25) is 4.79 Å². The summed E-state index contributed by atoms with van der Waals surface area (Å²) in [4.78, 5) is 19.0. The Morgan fingerprint density at radius 2 is 1.90 bits per heavy atom. The summed E-state index contributed by atoms with van der Waals surface area (Å²) in [6.07, 6.45) is 3.40. The second-order valence-corrected chi connectivity index (χ2v) is 8.28. The number of anilines is 1. The lowest BCUT2D eigenvalue weighted by atomic mass is 10.1. The van der Waals surface area contributed by atoms with E-state index in [0.29, 0.717) is 30.1 Å². The number of pyridine rings is 1. The van der Waals surface area contributed by atoms with Crippen molar-refractivity contribution in [3.05, 3.63) is 94.1 Å². The van der Waals surface area contributed by atoms with E-state index in [9.17, 15) is 4.79 Å². The molecule has 7 nitrogen and oxygen atoms in total. The van der Waals surface area contributed by atoms with Gasteiger partial charge < -0.3 is 5.32 Å². The summed E-state index contributed by atoms with van der Waals surface area (Å²) >= 11 is 1.67. The van der Waals surface area contributed by atoms with Crippen LogP contribution in [0.3, 0.4) is 0 Å². The van der Waals surface area contributed by atoms with E-state index >= 15 is 0 Å². The van der Waals surface area contributed by atoms with Gasteiger partial charge in [0.2, 0.25) is 0 Å². The molecule has 1 amide bonds. The van der Waals surface area contributed by atoms with Gasteiger partial charge in [-0.25, -0.2) is 14.3 Å². The molecule has 0 unspecified atom stereocenters. The smallest absolute Gasteiger partial charge is 0.257 e. The van der Waals surface area contributed by atoms with Crippen LogP contribution in [-0.4, -0.2) is 30.5 Å². The lowest BCUT2D eigenvalue weighted by Crippen LogP contribution is -2.17. The van der Waals surface area contributed by atoms with Gasteiger partial charge in [0, 0.05) is 16.6 Å². The van der Waals surface area contributed by atoms with Gasteiger partial charge in [-0.15, -0.1) is 11.3 Å². The van der Waals surface area contributed by atoms with Gasteiger partial charge in [-0.2, -0.15) is 10.2 Å². The van der Waals surface area contributed by atoms with Crippen LogP contribution < -0.4 is 5.32 Å². The summed E-state index contributed by atoms with van der Waals surface area (Å²) in [5.74, 6) is 0.434. The summed E-state index contributed by atoms with van der Waals surface area (Å²) < 4.78 is 3.61. The maximum absolute atomic E-state index is 13.2. The van der Waals surface area contributed by atoms with Crippen LogP contribution in [0, 0.1) is 6.92 Å². The van der Waals surface area contributed by atoms with Crippen LogP contribution >= 0.6 is 11.3 Å². The van der Waals surface area contributed by atoms with E-state index in [1.807, 2.05) is 53.4 Å². The zero-order chi connectivity index (χ0) is 21.2. The van der Waals surface area contributed by atoms with E-state index in [-0.39, 0.29) is 5.91 Å². The molecule has 0 fully saturated rings. The predicted octanol–water partition coefficient (Wildman–Crippen LogP) is 4.35. The number of amides is 1. The van der Waals surface area contributed by atoms with Gasteiger partial charge in [-0.1, -0.05) is 36.4 Å². The number of benzene rings is 1.